The fraction of sp³-hybridized carbons (Fsp3) is 0.412. The Morgan fingerprint density at radius 3 is 2.62 bits per heavy atom. The minimum absolute atomic E-state index is 0.0665. The SMILES string of the molecule is O=C1OCCN1C(=O)[C@H]1[C@H](c2ccccc2)[C@@H]2C=C[C@H]1C2. The van der Waals surface area contributed by atoms with Crippen molar-refractivity contribution in [2.75, 3.05) is 13.2 Å². The zero-order valence-corrected chi connectivity index (χ0v) is 11.6. The van der Waals surface area contributed by atoms with Gasteiger partial charge >= 0.3 is 6.09 Å². The number of amides is 2. The Labute approximate surface area is 123 Å². The van der Waals surface area contributed by atoms with Crippen molar-refractivity contribution >= 4 is 12.0 Å². The molecule has 2 amide bonds. The molecule has 4 atom stereocenters. The number of cyclic esters (lactones) is 1. The van der Waals surface area contributed by atoms with E-state index in [1.165, 1.54) is 10.5 Å². The lowest BCUT2D eigenvalue weighted by atomic mass is 9.78. The number of hydrogen-bond acceptors (Lipinski definition) is 3. The first-order valence-electron chi connectivity index (χ1n) is 7.47. The lowest BCUT2D eigenvalue weighted by Crippen LogP contribution is -2.40. The van der Waals surface area contributed by atoms with Crippen molar-refractivity contribution in [3.05, 3.63) is 48.0 Å². The van der Waals surface area contributed by atoms with Crippen LogP contribution in [0.25, 0.3) is 0 Å². The molecule has 3 aliphatic rings. The molecule has 4 nitrogen and oxygen atoms in total. The molecular weight excluding hydrogens is 266 g/mol. The summed E-state index contributed by atoms with van der Waals surface area (Å²) in [7, 11) is 0. The van der Waals surface area contributed by atoms with Gasteiger partial charge < -0.3 is 4.74 Å². The highest BCUT2D eigenvalue weighted by atomic mass is 16.6. The van der Waals surface area contributed by atoms with E-state index in [0.29, 0.717) is 19.1 Å². The number of allylic oxidation sites excluding steroid dienone is 2. The highest BCUT2D eigenvalue weighted by molar-refractivity contribution is 5.95. The van der Waals surface area contributed by atoms with E-state index in [1.54, 1.807) is 0 Å². The van der Waals surface area contributed by atoms with Crippen LogP contribution in [0.1, 0.15) is 17.9 Å². The summed E-state index contributed by atoms with van der Waals surface area (Å²) in [5.74, 6) is 0.643. The lowest BCUT2D eigenvalue weighted by Gasteiger charge is -2.29. The smallest absolute Gasteiger partial charge is 0.416 e. The molecule has 4 heteroatoms. The van der Waals surface area contributed by atoms with Gasteiger partial charge in [-0.3, -0.25) is 4.79 Å². The van der Waals surface area contributed by atoms with Gasteiger partial charge in [0, 0.05) is 5.92 Å². The van der Waals surface area contributed by atoms with Crippen molar-refractivity contribution in [2.24, 2.45) is 17.8 Å². The summed E-state index contributed by atoms with van der Waals surface area (Å²) in [6.07, 6.45) is 4.90. The summed E-state index contributed by atoms with van der Waals surface area (Å²) in [6.45, 7) is 0.702. The zero-order chi connectivity index (χ0) is 14.4. The van der Waals surface area contributed by atoms with Crippen LogP contribution in [0.5, 0.6) is 0 Å². The Kier molecular flexibility index (Phi) is 2.84. The number of ether oxygens (including phenoxy) is 1. The molecule has 0 spiro atoms. The van der Waals surface area contributed by atoms with Crippen molar-refractivity contribution in [1.82, 2.24) is 4.90 Å². The van der Waals surface area contributed by atoms with Crippen LogP contribution in [-0.4, -0.2) is 30.1 Å². The maximum Gasteiger partial charge on any atom is 0.416 e. The molecule has 1 aromatic rings. The molecule has 0 aromatic heterocycles. The minimum Gasteiger partial charge on any atom is -0.447 e. The van der Waals surface area contributed by atoms with Crippen LogP contribution < -0.4 is 0 Å². The van der Waals surface area contributed by atoms with Crippen LogP contribution in [-0.2, 0) is 9.53 Å². The van der Waals surface area contributed by atoms with Gasteiger partial charge in [-0.1, -0.05) is 42.5 Å². The van der Waals surface area contributed by atoms with Gasteiger partial charge in [0.15, 0.2) is 0 Å². The van der Waals surface area contributed by atoms with Crippen LogP contribution in [0, 0.1) is 17.8 Å². The number of rotatable bonds is 2. The van der Waals surface area contributed by atoms with E-state index in [2.05, 4.69) is 24.3 Å². The van der Waals surface area contributed by atoms with E-state index >= 15 is 0 Å². The van der Waals surface area contributed by atoms with E-state index < -0.39 is 6.09 Å². The summed E-state index contributed by atoms with van der Waals surface area (Å²) < 4.78 is 4.92. The average molecular weight is 283 g/mol. The molecular formula is C17H17NO3. The fourth-order valence-electron chi connectivity index (χ4n) is 4.06. The van der Waals surface area contributed by atoms with Crippen molar-refractivity contribution in [2.45, 2.75) is 12.3 Å². The number of imide groups is 1. The van der Waals surface area contributed by atoms with Crippen molar-refractivity contribution in [1.29, 1.82) is 0 Å². The maximum atomic E-state index is 12.8. The molecule has 2 bridgehead atoms. The van der Waals surface area contributed by atoms with Gasteiger partial charge in [0.05, 0.1) is 12.5 Å². The molecule has 21 heavy (non-hydrogen) atoms. The predicted octanol–water partition coefficient (Wildman–Crippen LogP) is 2.57. The highest BCUT2D eigenvalue weighted by Gasteiger charge is 2.51. The van der Waals surface area contributed by atoms with Crippen LogP contribution in [0.2, 0.25) is 0 Å². The van der Waals surface area contributed by atoms with Gasteiger partial charge in [-0.05, 0) is 23.8 Å². The molecule has 4 rings (SSSR count). The monoisotopic (exact) mass is 283 g/mol. The van der Waals surface area contributed by atoms with Gasteiger partial charge in [-0.15, -0.1) is 0 Å². The molecule has 1 saturated heterocycles. The van der Waals surface area contributed by atoms with Crippen molar-refractivity contribution in [3.63, 3.8) is 0 Å². The summed E-state index contributed by atoms with van der Waals surface area (Å²) in [5, 5.41) is 0. The van der Waals surface area contributed by atoms with Crippen LogP contribution in [0.3, 0.4) is 0 Å². The first-order valence-corrected chi connectivity index (χ1v) is 7.47. The average Bonchev–Trinajstić information content (AvgIpc) is 3.22. The van der Waals surface area contributed by atoms with E-state index in [-0.39, 0.29) is 23.7 Å². The van der Waals surface area contributed by atoms with E-state index in [9.17, 15) is 9.59 Å². The number of carbonyl (C=O) groups excluding carboxylic acids is 2. The summed E-state index contributed by atoms with van der Waals surface area (Å²) >= 11 is 0. The Morgan fingerprint density at radius 2 is 1.90 bits per heavy atom. The second kappa shape index (κ2) is 4.72. The normalized spacial score (nSPS) is 33.5. The fourth-order valence-corrected chi connectivity index (χ4v) is 4.06. The van der Waals surface area contributed by atoms with Crippen LogP contribution in [0.15, 0.2) is 42.5 Å². The van der Waals surface area contributed by atoms with Crippen LogP contribution >= 0.6 is 0 Å². The largest absolute Gasteiger partial charge is 0.447 e. The molecule has 0 unspecified atom stereocenters. The van der Waals surface area contributed by atoms with Crippen molar-refractivity contribution in [3.8, 4) is 0 Å². The molecule has 108 valence electrons. The first kappa shape index (κ1) is 12.6. The third-order valence-electron chi connectivity index (χ3n) is 4.96. The van der Waals surface area contributed by atoms with Gasteiger partial charge in [-0.2, -0.15) is 0 Å². The van der Waals surface area contributed by atoms with E-state index in [4.69, 9.17) is 4.74 Å². The third-order valence-corrected chi connectivity index (χ3v) is 4.96. The predicted molar refractivity (Wildman–Crippen MR) is 76.5 cm³/mol. The van der Waals surface area contributed by atoms with E-state index in [0.717, 1.165) is 6.42 Å². The van der Waals surface area contributed by atoms with Gasteiger partial charge in [0.1, 0.15) is 6.61 Å². The van der Waals surface area contributed by atoms with Crippen molar-refractivity contribution < 1.29 is 14.3 Å². The standard InChI is InChI=1S/C17H17NO3/c19-16(18-8-9-21-17(18)20)15-13-7-6-12(10-13)14(15)11-4-2-1-3-5-11/h1-7,12-15H,8-10H2/t12-,13+,14-,15-/m1/s1. The Bertz CT molecular complexity index is 610. The minimum atomic E-state index is -0.487. The first-order chi connectivity index (χ1) is 10.3. The Balaban J connectivity index is 1.68. The molecule has 1 saturated carbocycles. The number of fused-ring (bicyclic) bond motifs is 2. The Morgan fingerprint density at radius 1 is 1.14 bits per heavy atom. The molecule has 0 radical (unpaired) electrons. The molecule has 2 fully saturated rings. The molecule has 2 aliphatic carbocycles. The quantitative estimate of drug-likeness (QED) is 0.784. The number of benzene rings is 1. The molecule has 0 N–H and O–H groups in total. The summed E-state index contributed by atoms with van der Waals surface area (Å²) in [6, 6.07) is 10.2. The number of nitrogens with zero attached hydrogens (tertiary/aromatic N) is 1. The second-order valence-corrected chi connectivity index (χ2v) is 6.01. The third kappa shape index (κ3) is 1.89. The maximum absolute atomic E-state index is 12.8. The zero-order valence-electron chi connectivity index (χ0n) is 11.6. The lowest BCUT2D eigenvalue weighted by molar-refractivity contribution is -0.133. The molecule has 1 heterocycles. The van der Waals surface area contributed by atoms with Gasteiger partial charge in [0.2, 0.25) is 5.91 Å². The molecule has 1 aliphatic heterocycles. The number of carbonyl (C=O) groups is 2. The van der Waals surface area contributed by atoms with Gasteiger partial charge in [0.25, 0.3) is 0 Å². The van der Waals surface area contributed by atoms with E-state index in [1.807, 2.05) is 18.2 Å². The van der Waals surface area contributed by atoms with Crippen LogP contribution in [0.4, 0.5) is 4.79 Å². The molecule has 1 aromatic carbocycles. The summed E-state index contributed by atoms with van der Waals surface area (Å²) in [5.41, 5.74) is 1.19. The Hall–Kier alpha value is -2.10. The number of hydrogen-bond donors (Lipinski definition) is 0. The topological polar surface area (TPSA) is 46.6 Å². The highest BCUT2D eigenvalue weighted by Crippen LogP contribution is 2.53. The van der Waals surface area contributed by atoms with Gasteiger partial charge in [-0.25, -0.2) is 9.69 Å². The summed E-state index contributed by atoms with van der Waals surface area (Å²) in [4.78, 5) is 25.8. The second-order valence-electron chi connectivity index (χ2n) is 6.01.